The predicted molar refractivity (Wildman–Crippen MR) is 104 cm³/mol. The molecule has 0 aromatic heterocycles. The molecule has 3 rings (SSSR count). The van der Waals surface area contributed by atoms with Crippen LogP contribution in [0.25, 0.3) is 0 Å². The van der Waals surface area contributed by atoms with Crippen molar-refractivity contribution in [3.8, 4) is 0 Å². The second-order valence-electron chi connectivity index (χ2n) is 6.89. The smallest absolute Gasteiger partial charge is 0.237 e. The van der Waals surface area contributed by atoms with Gasteiger partial charge in [0.15, 0.2) is 0 Å². The van der Waals surface area contributed by atoms with E-state index in [1.54, 1.807) is 0 Å². The Morgan fingerprint density at radius 1 is 1.15 bits per heavy atom. The maximum absolute atomic E-state index is 12.1. The molecule has 0 radical (unpaired) electrons. The highest BCUT2D eigenvalue weighted by atomic mass is 16.5. The van der Waals surface area contributed by atoms with E-state index in [-0.39, 0.29) is 12.0 Å². The van der Waals surface area contributed by atoms with Crippen LogP contribution in [0, 0.1) is 0 Å². The van der Waals surface area contributed by atoms with Crippen LogP contribution < -0.4 is 11.1 Å². The Kier molecular flexibility index (Phi) is 6.81. The third-order valence-electron chi connectivity index (χ3n) is 4.89. The molecule has 0 saturated carbocycles. The number of hydrogen-bond donors (Lipinski definition) is 2. The number of hydrogen-bond acceptors (Lipinski definition) is 3. The Balaban J connectivity index is 1.35. The number of amides is 1. The van der Waals surface area contributed by atoms with Crippen molar-refractivity contribution in [2.24, 2.45) is 5.73 Å². The summed E-state index contributed by atoms with van der Waals surface area (Å²) in [6.07, 6.45) is 4.93. The first-order valence-corrected chi connectivity index (χ1v) is 9.50. The van der Waals surface area contributed by atoms with Crippen LogP contribution in [0.1, 0.15) is 42.1 Å². The van der Waals surface area contributed by atoms with Crippen LogP contribution >= 0.6 is 0 Å². The Morgan fingerprint density at radius 3 is 2.77 bits per heavy atom. The molecule has 2 aromatic carbocycles. The van der Waals surface area contributed by atoms with Crippen LogP contribution in [0.4, 0.5) is 0 Å². The maximum Gasteiger partial charge on any atom is 0.237 e. The molecule has 0 spiro atoms. The standard InChI is InChI=1S/C22H28N2O2/c23-20(16-17-8-2-1-3-9-17)22(25)24-14-7-15-26-21-13-6-11-18-10-4-5-12-19(18)21/h1-5,8-10,12,20-21H,6-7,11,13-16,23H2,(H,24,25)/t20-,21?/m0/s1. The number of aryl methyl sites for hydroxylation is 1. The van der Waals surface area contributed by atoms with Crippen LogP contribution in [0.5, 0.6) is 0 Å². The SMILES string of the molecule is N[C@@H](Cc1ccccc1)C(=O)NCCCOC1CCCc2ccccc21. The lowest BCUT2D eigenvalue weighted by Crippen LogP contribution is -2.42. The zero-order valence-electron chi connectivity index (χ0n) is 15.2. The number of rotatable bonds is 8. The summed E-state index contributed by atoms with van der Waals surface area (Å²) < 4.78 is 6.06. The summed E-state index contributed by atoms with van der Waals surface area (Å²) in [6.45, 7) is 1.24. The first-order chi connectivity index (χ1) is 12.7. The van der Waals surface area contributed by atoms with E-state index in [1.807, 2.05) is 30.3 Å². The van der Waals surface area contributed by atoms with Gasteiger partial charge in [-0.1, -0.05) is 54.6 Å². The van der Waals surface area contributed by atoms with E-state index in [0.29, 0.717) is 19.6 Å². The van der Waals surface area contributed by atoms with Gasteiger partial charge in [0.1, 0.15) is 0 Å². The summed E-state index contributed by atoms with van der Waals surface area (Å²) in [5.41, 5.74) is 9.80. The van der Waals surface area contributed by atoms with E-state index >= 15 is 0 Å². The highest BCUT2D eigenvalue weighted by Crippen LogP contribution is 2.32. The van der Waals surface area contributed by atoms with Gasteiger partial charge in [-0.25, -0.2) is 0 Å². The average molecular weight is 352 g/mol. The summed E-state index contributed by atoms with van der Waals surface area (Å²) in [6, 6.07) is 17.9. The Labute approximate surface area is 155 Å². The third-order valence-corrected chi connectivity index (χ3v) is 4.89. The number of fused-ring (bicyclic) bond motifs is 1. The zero-order valence-corrected chi connectivity index (χ0v) is 15.2. The molecule has 4 nitrogen and oxygen atoms in total. The quantitative estimate of drug-likeness (QED) is 0.717. The van der Waals surface area contributed by atoms with Crippen LogP contribution in [-0.2, 0) is 22.4 Å². The van der Waals surface area contributed by atoms with Gasteiger partial charge in [-0.05, 0) is 48.8 Å². The minimum absolute atomic E-state index is 0.100. The van der Waals surface area contributed by atoms with E-state index in [9.17, 15) is 4.79 Å². The van der Waals surface area contributed by atoms with Gasteiger partial charge < -0.3 is 15.8 Å². The molecule has 2 atom stereocenters. The van der Waals surface area contributed by atoms with Gasteiger partial charge in [0.2, 0.25) is 5.91 Å². The lowest BCUT2D eigenvalue weighted by atomic mass is 9.89. The largest absolute Gasteiger partial charge is 0.373 e. The first kappa shape index (κ1) is 18.6. The van der Waals surface area contributed by atoms with Crippen molar-refractivity contribution < 1.29 is 9.53 Å². The van der Waals surface area contributed by atoms with Crippen LogP contribution in [-0.4, -0.2) is 25.1 Å². The molecule has 0 saturated heterocycles. The summed E-state index contributed by atoms with van der Waals surface area (Å²) >= 11 is 0. The fraction of sp³-hybridized carbons (Fsp3) is 0.409. The number of carbonyl (C=O) groups excluding carboxylic acids is 1. The van der Waals surface area contributed by atoms with Crippen LogP contribution in [0.2, 0.25) is 0 Å². The van der Waals surface area contributed by atoms with Gasteiger partial charge in [0.05, 0.1) is 12.1 Å². The first-order valence-electron chi connectivity index (χ1n) is 9.50. The van der Waals surface area contributed by atoms with Gasteiger partial charge in [0.25, 0.3) is 0 Å². The fourth-order valence-electron chi connectivity index (χ4n) is 3.48. The Morgan fingerprint density at radius 2 is 1.92 bits per heavy atom. The molecule has 2 aromatic rings. The highest BCUT2D eigenvalue weighted by molar-refractivity contribution is 5.81. The van der Waals surface area contributed by atoms with Crippen molar-refractivity contribution in [1.29, 1.82) is 0 Å². The predicted octanol–water partition coefficient (Wildman–Crippen LogP) is 3.16. The second-order valence-corrected chi connectivity index (χ2v) is 6.89. The van der Waals surface area contributed by atoms with Crippen LogP contribution in [0.15, 0.2) is 54.6 Å². The zero-order chi connectivity index (χ0) is 18.2. The van der Waals surface area contributed by atoms with Gasteiger partial charge in [-0.15, -0.1) is 0 Å². The molecule has 26 heavy (non-hydrogen) atoms. The molecule has 3 N–H and O–H groups in total. The molecule has 1 aliphatic carbocycles. The minimum Gasteiger partial charge on any atom is -0.373 e. The topological polar surface area (TPSA) is 64.4 Å². The molecule has 1 unspecified atom stereocenters. The molecule has 1 amide bonds. The van der Waals surface area contributed by atoms with Gasteiger partial charge in [0, 0.05) is 13.2 Å². The lowest BCUT2D eigenvalue weighted by Gasteiger charge is -2.25. The summed E-state index contributed by atoms with van der Waals surface area (Å²) in [4.78, 5) is 12.1. The Hall–Kier alpha value is -2.17. The van der Waals surface area contributed by atoms with Crippen molar-refractivity contribution in [1.82, 2.24) is 5.32 Å². The summed E-state index contributed by atoms with van der Waals surface area (Å²) in [7, 11) is 0. The lowest BCUT2D eigenvalue weighted by molar-refractivity contribution is -0.122. The molecule has 4 heteroatoms. The number of nitrogens with two attached hydrogens (primary N) is 1. The van der Waals surface area contributed by atoms with Crippen molar-refractivity contribution >= 4 is 5.91 Å². The second kappa shape index (κ2) is 9.51. The van der Waals surface area contributed by atoms with E-state index in [1.165, 1.54) is 17.5 Å². The van der Waals surface area contributed by atoms with Crippen molar-refractivity contribution in [3.05, 3.63) is 71.3 Å². The highest BCUT2D eigenvalue weighted by Gasteiger charge is 2.20. The minimum atomic E-state index is -0.511. The molecular weight excluding hydrogens is 324 g/mol. The summed E-state index contributed by atoms with van der Waals surface area (Å²) in [5.74, 6) is -0.100. The molecule has 0 aliphatic heterocycles. The van der Waals surface area contributed by atoms with E-state index in [4.69, 9.17) is 10.5 Å². The van der Waals surface area contributed by atoms with Crippen molar-refractivity contribution in [2.45, 2.75) is 44.2 Å². The van der Waals surface area contributed by atoms with Crippen molar-refractivity contribution in [3.63, 3.8) is 0 Å². The average Bonchev–Trinajstić information content (AvgIpc) is 2.68. The fourth-order valence-corrected chi connectivity index (χ4v) is 3.48. The summed E-state index contributed by atoms with van der Waals surface area (Å²) in [5, 5.41) is 2.92. The number of carbonyl (C=O) groups is 1. The van der Waals surface area contributed by atoms with Crippen molar-refractivity contribution in [2.75, 3.05) is 13.2 Å². The molecule has 1 aliphatic rings. The monoisotopic (exact) mass is 352 g/mol. The van der Waals surface area contributed by atoms with E-state index < -0.39 is 6.04 Å². The Bertz CT molecular complexity index is 702. The maximum atomic E-state index is 12.1. The molecule has 0 bridgehead atoms. The third kappa shape index (κ3) is 5.16. The number of benzene rings is 2. The van der Waals surface area contributed by atoms with Gasteiger partial charge in [-0.2, -0.15) is 0 Å². The normalized spacial score (nSPS) is 17.3. The van der Waals surface area contributed by atoms with E-state index in [0.717, 1.165) is 24.8 Å². The number of nitrogens with one attached hydrogen (secondary N) is 1. The van der Waals surface area contributed by atoms with Gasteiger partial charge in [-0.3, -0.25) is 4.79 Å². The molecule has 138 valence electrons. The van der Waals surface area contributed by atoms with Crippen LogP contribution in [0.3, 0.4) is 0 Å². The number of ether oxygens (including phenoxy) is 1. The van der Waals surface area contributed by atoms with E-state index in [2.05, 4.69) is 29.6 Å². The molecular formula is C22H28N2O2. The molecule has 0 fully saturated rings. The van der Waals surface area contributed by atoms with Gasteiger partial charge >= 0.3 is 0 Å². The molecule has 0 heterocycles.